The molecule has 4 unspecified atom stereocenters. The van der Waals surface area contributed by atoms with Gasteiger partial charge in [-0.05, 0) is 67.1 Å². The maximum absolute atomic E-state index is 13.3. The number of nitrogens with zero attached hydrogens (tertiary/aromatic N) is 2. The number of fused-ring (bicyclic) bond motifs is 4. The first kappa shape index (κ1) is 27.0. The summed E-state index contributed by atoms with van der Waals surface area (Å²) in [4.78, 5) is 19.8. The van der Waals surface area contributed by atoms with Gasteiger partial charge in [0.15, 0.2) is 0 Å². The van der Waals surface area contributed by atoms with E-state index in [1.54, 1.807) is 12.3 Å². The molecule has 3 saturated heterocycles. The van der Waals surface area contributed by atoms with Gasteiger partial charge in [-0.15, -0.1) is 6.58 Å². The van der Waals surface area contributed by atoms with Gasteiger partial charge < -0.3 is 10.6 Å². The van der Waals surface area contributed by atoms with Gasteiger partial charge in [0.25, 0.3) is 0 Å². The van der Waals surface area contributed by atoms with Gasteiger partial charge in [0.1, 0.15) is 0 Å². The molecule has 1 aromatic heterocycles. The molecule has 0 radical (unpaired) electrons. The summed E-state index contributed by atoms with van der Waals surface area (Å²) >= 11 is 0. The van der Waals surface area contributed by atoms with E-state index in [1.165, 1.54) is 0 Å². The highest BCUT2D eigenvalue weighted by atomic mass is 19.4. The fourth-order valence-electron chi connectivity index (χ4n) is 5.83. The number of hydrogen-bond acceptors (Lipinski definition) is 3. The van der Waals surface area contributed by atoms with E-state index in [1.807, 2.05) is 30.3 Å². The molecule has 5 nitrogen and oxygen atoms in total. The van der Waals surface area contributed by atoms with Crippen LogP contribution in [-0.4, -0.2) is 35.0 Å². The Kier molecular flexibility index (Phi) is 7.04. The third-order valence-corrected chi connectivity index (χ3v) is 7.69. The number of halogens is 6. The van der Waals surface area contributed by atoms with Crippen LogP contribution in [0.15, 0.2) is 67.4 Å². The van der Waals surface area contributed by atoms with Crippen LogP contribution in [0.2, 0.25) is 0 Å². The van der Waals surface area contributed by atoms with Crippen LogP contribution in [0.3, 0.4) is 0 Å². The molecule has 2 amide bonds. The third-order valence-electron chi connectivity index (χ3n) is 7.69. The van der Waals surface area contributed by atoms with Crippen LogP contribution in [0, 0.1) is 11.8 Å². The maximum atomic E-state index is 13.3. The summed E-state index contributed by atoms with van der Waals surface area (Å²) in [6.45, 7) is 5.51. The van der Waals surface area contributed by atoms with Gasteiger partial charge in [-0.3, -0.25) is 9.88 Å². The van der Waals surface area contributed by atoms with Crippen molar-refractivity contribution < 1.29 is 31.1 Å². The Morgan fingerprint density at radius 2 is 1.74 bits per heavy atom. The van der Waals surface area contributed by atoms with Gasteiger partial charge in [-0.1, -0.05) is 24.3 Å². The monoisotopic (exact) mass is 548 g/mol. The Morgan fingerprint density at radius 3 is 2.36 bits per heavy atom. The number of nitrogens with one attached hydrogen (secondary N) is 2. The Morgan fingerprint density at radius 1 is 1.05 bits per heavy atom. The zero-order valence-electron chi connectivity index (χ0n) is 20.7. The molecule has 4 heterocycles. The third kappa shape index (κ3) is 5.59. The smallest absolute Gasteiger partial charge is 0.329 e. The molecule has 0 aliphatic carbocycles. The highest BCUT2D eigenvalue weighted by Gasteiger charge is 2.43. The summed E-state index contributed by atoms with van der Waals surface area (Å²) in [6.07, 6.45) is -4.76. The minimum absolute atomic E-state index is 0.0249. The van der Waals surface area contributed by atoms with Gasteiger partial charge >= 0.3 is 18.4 Å². The molecule has 3 fully saturated rings. The molecule has 0 saturated carbocycles. The lowest BCUT2D eigenvalue weighted by molar-refractivity contribution is -0.143. The summed E-state index contributed by atoms with van der Waals surface area (Å²) in [7, 11) is 0. The first-order chi connectivity index (χ1) is 18.4. The number of hydrogen-bond donors (Lipinski definition) is 2. The minimum atomic E-state index is -5.02. The number of piperidine rings is 3. The standard InChI is InChI=1S/C28H26F6N4O/c1-2-16-15-38-10-8-17(16)11-24(38)25(22-7-9-35-23-6-4-3-5-21(22)23)37-26(39)36-20-13-18(27(29,30)31)12-19(14-20)28(32,33)34/h2-7,9,12-14,16-17,24-25H,1,8,10-11,15H2,(H2,36,37,39)/t16?,17?,24-,25?/m1/s1. The zero-order valence-corrected chi connectivity index (χ0v) is 20.7. The van der Waals surface area contributed by atoms with Crippen molar-refractivity contribution in [3.63, 3.8) is 0 Å². The van der Waals surface area contributed by atoms with E-state index in [2.05, 4.69) is 27.1 Å². The van der Waals surface area contributed by atoms with E-state index >= 15 is 0 Å². The number of pyridine rings is 1. The molecular weight excluding hydrogens is 522 g/mol. The average Bonchev–Trinajstić information content (AvgIpc) is 2.90. The van der Waals surface area contributed by atoms with E-state index in [0.29, 0.717) is 29.5 Å². The summed E-state index contributed by atoms with van der Waals surface area (Å²) in [5, 5.41) is 5.89. The Bertz CT molecular complexity index is 1350. The fourth-order valence-corrected chi connectivity index (χ4v) is 5.83. The second kappa shape index (κ2) is 10.2. The molecule has 0 spiro atoms. The van der Waals surface area contributed by atoms with Gasteiger partial charge in [0, 0.05) is 29.9 Å². The molecule has 2 bridgehead atoms. The van der Waals surface area contributed by atoms with E-state index < -0.39 is 41.2 Å². The Labute approximate surface area is 220 Å². The first-order valence-corrected chi connectivity index (χ1v) is 12.5. The topological polar surface area (TPSA) is 57.3 Å². The Hall–Kier alpha value is -3.60. The lowest BCUT2D eigenvalue weighted by Gasteiger charge is -2.51. The second-order valence-electron chi connectivity index (χ2n) is 10.0. The van der Waals surface area contributed by atoms with Crippen molar-refractivity contribution >= 4 is 22.6 Å². The van der Waals surface area contributed by atoms with Crippen LogP contribution in [0.5, 0.6) is 0 Å². The van der Waals surface area contributed by atoms with Crippen LogP contribution in [0.25, 0.3) is 10.9 Å². The van der Waals surface area contributed by atoms with Crippen LogP contribution >= 0.6 is 0 Å². The van der Waals surface area contributed by atoms with Gasteiger partial charge in [-0.25, -0.2) is 4.79 Å². The normalized spacial score (nSPS) is 23.8. The quantitative estimate of drug-likeness (QED) is 0.266. The van der Waals surface area contributed by atoms with Crippen LogP contribution in [-0.2, 0) is 12.4 Å². The van der Waals surface area contributed by atoms with E-state index in [0.717, 1.165) is 36.9 Å². The molecule has 3 aliphatic heterocycles. The number of urea groups is 1. The minimum Gasteiger partial charge on any atom is -0.329 e. The number of carbonyl (C=O) groups is 1. The number of para-hydroxylation sites is 1. The average molecular weight is 549 g/mol. The van der Waals surface area contributed by atoms with Crippen molar-refractivity contribution in [3.8, 4) is 0 Å². The van der Waals surface area contributed by atoms with Gasteiger partial charge in [0.05, 0.1) is 22.7 Å². The lowest BCUT2D eigenvalue weighted by atomic mass is 9.73. The first-order valence-electron chi connectivity index (χ1n) is 12.5. The fraction of sp³-hybridized carbons (Fsp3) is 0.357. The second-order valence-corrected chi connectivity index (χ2v) is 10.0. The van der Waals surface area contributed by atoms with Crippen LogP contribution in [0.1, 0.15) is 35.6 Å². The predicted octanol–water partition coefficient (Wildman–Crippen LogP) is 7.03. The zero-order chi connectivity index (χ0) is 27.9. The molecule has 2 N–H and O–H groups in total. The number of benzene rings is 2. The number of alkyl halides is 6. The van der Waals surface area contributed by atoms with Crippen molar-refractivity contribution in [2.75, 3.05) is 18.4 Å². The van der Waals surface area contributed by atoms with Gasteiger partial charge in [-0.2, -0.15) is 26.3 Å². The molecule has 11 heteroatoms. The number of rotatable bonds is 5. The highest BCUT2D eigenvalue weighted by molar-refractivity contribution is 5.91. The van der Waals surface area contributed by atoms with Gasteiger partial charge in [0.2, 0.25) is 0 Å². The van der Waals surface area contributed by atoms with Crippen molar-refractivity contribution in [2.24, 2.45) is 11.8 Å². The molecule has 6 rings (SSSR count). The van der Waals surface area contributed by atoms with Crippen molar-refractivity contribution in [1.29, 1.82) is 0 Å². The summed E-state index contributed by atoms with van der Waals surface area (Å²) in [6, 6.07) is 8.53. The predicted molar refractivity (Wildman–Crippen MR) is 135 cm³/mol. The van der Waals surface area contributed by atoms with Crippen LogP contribution in [0.4, 0.5) is 36.8 Å². The summed E-state index contributed by atoms with van der Waals surface area (Å²) in [5.41, 5.74) is -2.14. The molecule has 2 aromatic carbocycles. The largest absolute Gasteiger partial charge is 0.416 e. The molecule has 206 valence electrons. The highest BCUT2D eigenvalue weighted by Crippen LogP contribution is 2.42. The molecule has 3 aliphatic rings. The van der Waals surface area contributed by atoms with Crippen LogP contribution < -0.4 is 10.6 Å². The van der Waals surface area contributed by atoms with E-state index in [-0.39, 0.29) is 12.1 Å². The lowest BCUT2D eigenvalue weighted by Crippen LogP contribution is -2.57. The molecule has 5 atom stereocenters. The van der Waals surface area contributed by atoms with E-state index in [9.17, 15) is 31.1 Å². The molecular formula is C28H26F6N4O. The molecule has 3 aromatic rings. The van der Waals surface area contributed by atoms with E-state index in [4.69, 9.17) is 0 Å². The summed E-state index contributed by atoms with van der Waals surface area (Å²) < 4.78 is 80.0. The number of anilines is 1. The SMILES string of the molecule is C=CC1CN2CCC1C[C@@H]2C(NC(=O)Nc1cc(C(F)(F)F)cc(C(F)(F)F)c1)c1ccnc2ccccc12. The summed E-state index contributed by atoms with van der Waals surface area (Å²) in [5.74, 6) is 0.667. The van der Waals surface area contributed by atoms with Crippen molar-refractivity contribution in [2.45, 2.75) is 37.3 Å². The van der Waals surface area contributed by atoms with Crippen molar-refractivity contribution in [3.05, 3.63) is 84.1 Å². The number of aromatic nitrogens is 1. The Balaban J connectivity index is 1.48. The van der Waals surface area contributed by atoms with Crippen molar-refractivity contribution in [1.82, 2.24) is 15.2 Å². The molecule has 39 heavy (non-hydrogen) atoms. The maximum Gasteiger partial charge on any atom is 0.416 e. The number of amides is 2. The number of carbonyl (C=O) groups excluding carboxylic acids is 1.